The Bertz CT molecular complexity index is 651. The molecule has 1 unspecified atom stereocenters. The zero-order valence-corrected chi connectivity index (χ0v) is 18.0. The van der Waals surface area contributed by atoms with E-state index in [1.54, 1.807) is 0 Å². The number of rotatable bonds is 6. The van der Waals surface area contributed by atoms with Gasteiger partial charge < -0.3 is 14.5 Å². The number of piperidine rings is 1. The average Bonchev–Trinajstić information content (AvgIpc) is 3.04. The number of amides is 1. The van der Waals surface area contributed by atoms with Gasteiger partial charge in [0.2, 0.25) is 5.91 Å². The largest absolute Gasteiger partial charge is 0.379 e. The summed E-state index contributed by atoms with van der Waals surface area (Å²) in [6.45, 7) is 8.16. The molecular weight excluding hydrogens is 362 g/mol. The van der Waals surface area contributed by atoms with Crippen LogP contribution in [0.15, 0.2) is 30.3 Å². The summed E-state index contributed by atoms with van der Waals surface area (Å²) in [7, 11) is 2.29. The number of morpholine rings is 1. The molecule has 3 fully saturated rings. The Morgan fingerprint density at radius 1 is 1.10 bits per heavy atom. The van der Waals surface area contributed by atoms with Gasteiger partial charge in [0.1, 0.15) is 0 Å². The lowest BCUT2D eigenvalue weighted by atomic mass is 9.76. The van der Waals surface area contributed by atoms with E-state index in [0.717, 1.165) is 52.2 Å². The minimum atomic E-state index is 0.354. The van der Waals surface area contributed by atoms with Crippen molar-refractivity contribution in [1.29, 1.82) is 0 Å². The van der Waals surface area contributed by atoms with E-state index in [1.807, 2.05) is 6.07 Å². The standard InChI is InChI=1S/C24H37N3O2/c1-25-20-24(18-22(25)19-26-14-16-29-17-15-26)10-12-27(13-11-24)23(28)9-5-8-21-6-3-2-4-7-21/h2-4,6-7,22H,5,8-20H2,1H3. The number of hydrogen-bond acceptors (Lipinski definition) is 4. The fraction of sp³-hybridized carbons (Fsp3) is 0.708. The number of likely N-dealkylation sites (N-methyl/N-ethyl adjacent to an activating group) is 1. The van der Waals surface area contributed by atoms with Crippen LogP contribution in [0.2, 0.25) is 0 Å². The molecule has 0 aliphatic carbocycles. The Morgan fingerprint density at radius 3 is 2.55 bits per heavy atom. The first kappa shape index (κ1) is 20.8. The van der Waals surface area contributed by atoms with E-state index in [2.05, 4.69) is 46.0 Å². The van der Waals surface area contributed by atoms with Crippen LogP contribution in [0.4, 0.5) is 0 Å². The molecule has 5 nitrogen and oxygen atoms in total. The van der Waals surface area contributed by atoms with Gasteiger partial charge in [0.05, 0.1) is 13.2 Å². The van der Waals surface area contributed by atoms with Crippen LogP contribution in [0.3, 0.4) is 0 Å². The van der Waals surface area contributed by atoms with E-state index in [4.69, 9.17) is 4.74 Å². The van der Waals surface area contributed by atoms with Gasteiger partial charge in [0.15, 0.2) is 0 Å². The van der Waals surface area contributed by atoms with Crippen LogP contribution in [0.1, 0.15) is 37.7 Å². The molecule has 160 valence electrons. The number of ether oxygens (including phenoxy) is 1. The topological polar surface area (TPSA) is 36.0 Å². The highest BCUT2D eigenvalue weighted by atomic mass is 16.5. The van der Waals surface area contributed by atoms with Crippen LogP contribution in [-0.4, -0.2) is 86.2 Å². The Kier molecular flexibility index (Phi) is 6.88. The van der Waals surface area contributed by atoms with Gasteiger partial charge in [-0.1, -0.05) is 30.3 Å². The van der Waals surface area contributed by atoms with Gasteiger partial charge in [-0.3, -0.25) is 9.69 Å². The molecule has 3 aliphatic heterocycles. The van der Waals surface area contributed by atoms with Crippen molar-refractivity contribution < 1.29 is 9.53 Å². The van der Waals surface area contributed by atoms with E-state index in [-0.39, 0.29) is 0 Å². The molecule has 5 heteroatoms. The SMILES string of the molecule is CN1CC2(CCN(C(=O)CCCc3ccccc3)CC2)CC1CN1CCOCC1. The molecule has 1 spiro atoms. The number of likely N-dealkylation sites (tertiary alicyclic amines) is 2. The van der Waals surface area contributed by atoms with Gasteiger partial charge in [0, 0.05) is 51.7 Å². The van der Waals surface area contributed by atoms with Gasteiger partial charge in [-0.15, -0.1) is 0 Å². The molecule has 0 bridgehead atoms. The number of benzene rings is 1. The lowest BCUT2D eigenvalue weighted by Crippen LogP contribution is -2.44. The average molecular weight is 400 g/mol. The molecule has 0 N–H and O–H groups in total. The van der Waals surface area contributed by atoms with Crippen molar-refractivity contribution in [2.24, 2.45) is 5.41 Å². The number of aryl methyl sites for hydroxylation is 1. The first-order valence-electron chi connectivity index (χ1n) is 11.5. The second-order valence-corrected chi connectivity index (χ2v) is 9.41. The summed E-state index contributed by atoms with van der Waals surface area (Å²) in [6.07, 6.45) is 6.26. The number of nitrogens with zero attached hydrogens (tertiary/aromatic N) is 3. The van der Waals surface area contributed by atoms with E-state index in [1.165, 1.54) is 37.9 Å². The van der Waals surface area contributed by atoms with Gasteiger partial charge in [-0.2, -0.15) is 0 Å². The first-order chi connectivity index (χ1) is 14.1. The summed E-state index contributed by atoms with van der Waals surface area (Å²) in [5.74, 6) is 0.354. The third kappa shape index (κ3) is 5.39. The minimum absolute atomic E-state index is 0.354. The van der Waals surface area contributed by atoms with E-state index < -0.39 is 0 Å². The van der Waals surface area contributed by atoms with E-state index in [9.17, 15) is 4.79 Å². The summed E-state index contributed by atoms with van der Waals surface area (Å²) in [5, 5.41) is 0. The molecule has 0 aromatic heterocycles. The summed E-state index contributed by atoms with van der Waals surface area (Å²) < 4.78 is 5.50. The predicted molar refractivity (Wildman–Crippen MR) is 116 cm³/mol. The van der Waals surface area contributed by atoms with E-state index >= 15 is 0 Å². The zero-order chi connectivity index (χ0) is 20.1. The maximum atomic E-state index is 12.7. The Labute approximate surface area is 176 Å². The molecule has 1 aromatic carbocycles. The minimum Gasteiger partial charge on any atom is -0.379 e. The second-order valence-electron chi connectivity index (χ2n) is 9.41. The van der Waals surface area contributed by atoms with Crippen molar-refractivity contribution >= 4 is 5.91 Å². The maximum absolute atomic E-state index is 12.7. The molecule has 0 radical (unpaired) electrons. The molecule has 4 rings (SSSR count). The maximum Gasteiger partial charge on any atom is 0.222 e. The lowest BCUT2D eigenvalue weighted by Gasteiger charge is -2.39. The third-order valence-corrected chi connectivity index (χ3v) is 7.33. The molecule has 1 aromatic rings. The van der Waals surface area contributed by atoms with Crippen LogP contribution < -0.4 is 0 Å². The van der Waals surface area contributed by atoms with E-state index in [0.29, 0.717) is 23.8 Å². The molecule has 0 saturated carbocycles. The fourth-order valence-corrected chi connectivity index (χ4v) is 5.50. The zero-order valence-electron chi connectivity index (χ0n) is 18.0. The molecule has 3 aliphatic rings. The van der Waals surface area contributed by atoms with Gasteiger partial charge in [0.25, 0.3) is 0 Å². The number of hydrogen-bond donors (Lipinski definition) is 0. The van der Waals surface area contributed by atoms with Crippen LogP contribution in [-0.2, 0) is 16.0 Å². The first-order valence-corrected chi connectivity index (χ1v) is 11.5. The van der Waals surface area contributed by atoms with Crippen molar-refractivity contribution in [3.8, 4) is 0 Å². The van der Waals surface area contributed by atoms with Gasteiger partial charge in [-0.05, 0) is 50.1 Å². The monoisotopic (exact) mass is 399 g/mol. The third-order valence-electron chi connectivity index (χ3n) is 7.33. The number of carbonyl (C=O) groups excluding carboxylic acids is 1. The van der Waals surface area contributed by atoms with Crippen molar-refractivity contribution in [3.05, 3.63) is 35.9 Å². The Hall–Kier alpha value is -1.43. The summed E-state index contributed by atoms with van der Waals surface area (Å²) in [4.78, 5) is 20.0. The molecule has 3 saturated heterocycles. The summed E-state index contributed by atoms with van der Waals surface area (Å²) in [5.41, 5.74) is 1.75. The normalized spacial score (nSPS) is 25.6. The highest BCUT2D eigenvalue weighted by Gasteiger charge is 2.44. The van der Waals surface area contributed by atoms with Crippen molar-refractivity contribution in [1.82, 2.24) is 14.7 Å². The lowest BCUT2D eigenvalue weighted by molar-refractivity contribution is -0.133. The highest BCUT2D eigenvalue weighted by molar-refractivity contribution is 5.76. The van der Waals surface area contributed by atoms with Crippen molar-refractivity contribution in [2.75, 3.05) is 59.5 Å². The highest BCUT2D eigenvalue weighted by Crippen LogP contribution is 2.43. The van der Waals surface area contributed by atoms with Crippen LogP contribution in [0, 0.1) is 5.41 Å². The molecule has 3 heterocycles. The molecular formula is C24H37N3O2. The Balaban J connectivity index is 1.20. The number of carbonyl (C=O) groups is 1. The quantitative estimate of drug-likeness (QED) is 0.737. The van der Waals surface area contributed by atoms with Gasteiger partial charge >= 0.3 is 0 Å². The summed E-state index contributed by atoms with van der Waals surface area (Å²) in [6, 6.07) is 11.2. The predicted octanol–water partition coefficient (Wildman–Crippen LogP) is 2.65. The van der Waals surface area contributed by atoms with Crippen molar-refractivity contribution in [2.45, 2.75) is 44.6 Å². The molecule has 1 atom stereocenters. The molecule has 29 heavy (non-hydrogen) atoms. The van der Waals surface area contributed by atoms with Gasteiger partial charge in [-0.25, -0.2) is 0 Å². The van der Waals surface area contributed by atoms with Crippen LogP contribution in [0.25, 0.3) is 0 Å². The smallest absolute Gasteiger partial charge is 0.222 e. The molecule has 1 amide bonds. The van der Waals surface area contributed by atoms with Crippen molar-refractivity contribution in [3.63, 3.8) is 0 Å². The fourth-order valence-electron chi connectivity index (χ4n) is 5.50. The summed E-state index contributed by atoms with van der Waals surface area (Å²) >= 11 is 0. The second kappa shape index (κ2) is 9.59. The Morgan fingerprint density at radius 2 is 1.83 bits per heavy atom. The van der Waals surface area contributed by atoms with Crippen LogP contribution >= 0.6 is 0 Å². The van der Waals surface area contributed by atoms with Crippen LogP contribution in [0.5, 0.6) is 0 Å².